The van der Waals surface area contributed by atoms with E-state index in [2.05, 4.69) is 9.97 Å². The van der Waals surface area contributed by atoms with Gasteiger partial charge in [-0.1, -0.05) is 30.7 Å². The number of carbonyl (C=O) groups excluding carboxylic acids is 2. The third-order valence-corrected chi connectivity index (χ3v) is 5.32. The van der Waals surface area contributed by atoms with Crippen LogP contribution in [0.3, 0.4) is 0 Å². The van der Waals surface area contributed by atoms with Crippen LogP contribution in [0.25, 0.3) is 11.3 Å². The summed E-state index contributed by atoms with van der Waals surface area (Å²) in [6, 6.07) is 12.7. The number of aromatic nitrogens is 2. The lowest BCUT2D eigenvalue weighted by Gasteiger charge is -2.18. The molecule has 160 valence electrons. The van der Waals surface area contributed by atoms with Gasteiger partial charge in [0.1, 0.15) is 0 Å². The minimum atomic E-state index is -0.0129. The molecule has 6 nitrogen and oxygen atoms in total. The SMILES string of the molecule is CCC(=O)N(C)c1ccc(-c2ccc(C(=O)CCc3ccc(OC)nc3)cn2)cc1Cl. The first kappa shape index (κ1) is 22.4. The normalized spacial score (nSPS) is 10.6. The van der Waals surface area contributed by atoms with Gasteiger partial charge in [-0.15, -0.1) is 0 Å². The van der Waals surface area contributed by atoms with Crippen molar-refractivity contribution in [2.75, 3.05) is 19.1 Å². The molecule has 2 heterocycles. The van der Waals surface area contributed by atoms with Gasteiger partial charge < -0.3 is 9.64 Å². The van der Waals surface area contributed by atoms with E-state index in [1.807, 2.05) is 19.1 Å². The molecule has 1 aromatic carbocycles. The molecular weight excluding hydrogens is 414 g/mol. The molecule has 2 aromatic heterocycles. The number of halogens is 1. The van der Waals surface area contributed by atoms with Gasteiger partial charge in [-0.25, -0.2) is 4.98 Å². The topological polar surface area (TPSA) is 72.4 Å². The van der Waals surface area contributed by atoms with Crippen LogP contribution in [0.15, 0.2) is 54.9 Å². The van der Waals surface area contributed by atoms with Crippen molar-refractivity contribution in [3.05, 3.63) is 71.0 Å². The molecule has 31 heavy (non-hydrogen) atoms. The molecule has 0 aliphatic heterocycles. The van der Waals surface area contributed by atoms with Gasteiger partial charge in [0.15, 0.2) is 5.78 Å². The van der Waals surface area contributed by atoms with Gasteiger partial charge >= 0.3 is 0 Å². The average Bonchev–Trinajstić information content (AvgIpc) is 2.81. The van der Waals surface area contributed by atoms with E-state index in [1.54, 1.807) is 61.8 Å². The summed E-state index contributed by atoms with van der Waals surface area (Å²) in [5, 5.41) is 0.469. The van der Waals surface area contributed by atoms with Crippen LogP contribution in [0.2, 0.25) is 5.02 Å². The number of amides is 1. The second-order valence-corrected chi connectivity index (χ2v) is 7.44. The first-order valence-corrected chi connectivity index (χ1v) is 10.4. The Kier molecular flexibility index (Phi) is 7.36. The Hall–Kier alpha value is -3.25. The van der Waals surface area contributed by atoms with Gasteiger partial charge in [0, 0.05) is 49.5 Å². The third-order valence-electron chi connectivity index (χ3n) is 5.01. The quantitative estimate of drug-likeness (QED) is 0.464. The Morgan fingerprint density at radius 2 is 1.87 bits per heavy atom. The zero-order chi connectivity index (χ0) is 22.4. The van der Waals surface area contributed by atoms with Crippen LogP contribution >= 0.6 is 11.6 Å². The van der Waals surface area contributed by atoms with Crippen LogP contribution in [0.5, 0.6) is 5.88 Å². The molecule has 0 atom stereocenters. The molecule has 7 heteroatoms. The molecule has 1 amide bonds. The predicted octanol–water partition coefficient (Wildman–Crippen LogP) is 4.99. The van der Waals surface area contributed by atoms with Crippen LogP contribution in [0.4, 0.5) is 5.69 Å². The highest BCUT2D eigenvalue weighted by Crippen LogP contribution is 2.30. The molecule has 3 aromatic rings. The van der Waals surface area contributed by atoms with E-state index in [0.717, 1.165) is 11.1 Å². The van der Waals surface area contributed by atoms with Gasteiger partial charge in [-0.2, -0.15) is 0 Å². The highest BCUT2D eigenvalue weighted by Gasteiger charge is 2.14. The Labute approximate surface area is 186 Å². The summed E-state index contributed by atoms with van der Waals surface area (Å²) in [6.45, 7) is 1.81. The molecule has 0 N–H and O–H groups in total. The summed E-state index contributed by atoms with van der Waals surface area (Å²) in [5.41, 5.74) is 3.70. The molecule has 0 radical (unpaired) electrons. The van der Waals surface area contributed by atoms with Crippen LogP contribution in [-0.2, 0) is 11.2 Å². The van der Waals surface area contributed by atoms with Crippen molar-refractivity contribution >= 4 is 29.0 Å². The van der Waals surface area contributed by atoms with Gasteiger partial charge in [-0.05, 0) is 36.2 Å². The number of aryl methyl sites for hydroxylation is 1. The van der Waals surface area contributed by atoms with E-state index in [1.165, 1.54) is 0 Å². The number of Topliss-reactive ketones (excluding diaryl/α,β-unsaturated/α-hetero) is 1. The van der Waals surface area contributed by atoms with Gasteiger partial charge in [-0.3, -0.25) is 14.6 Å². The molecule has 0 aliphatic rings. The zero-order valence-corrected chi connectivity index (χ0v) is 18.5. The van der Waals surface area contributed by atoms with Crippen molar-refractivity contribution in [1.82, 2.24) is 9.97 Å². The maximum absolute atomic E-state index is 12.5. The van der Waals surface area contributed by atoms with Crippen molar-refractivity contribution < 1.29 is 14.3 Å². The van der Waals surface area contributed by atoms with Crippen molar-refractivity contribution in [3.63, 3.8) is 0 Å². The molecule has 0 bridgehead atoms. The summed E-state index contributed by atoms with van der Waals surface area (Å²) in [5.74, 6) is 0.552. The van der Waals surface area contributed by atoms with Crippen molar-refractivity contribution in [1.29, 1.82) is 0 Å². The second kappa shape index (κ2) is 10.2. The van der Waals surface area contributed by atoms with E-state index >= 15 is 0 Å². The van der Waals surface area contributed by atoms with Gasteiger partial charge in [0.2, 0.25) is 11.8 Å². The molecule has 0 fully saturated rings. The highest BCUT2D eigenvalue weighted by molar-refractivity contribution is 6.34. The number of pyridine rings is 2. The van der Waals surface area contributed by atoms with Gasteiger partial charge in [0.05, 0.1) is 23.5 Å². The fraction of sp³-hybridized carbons (Fsp3) is 0.250. The first-order valence-electron chi connectivity index (χ1n) is 9.97. The summed E-state index contributed by atoms with van der Waals surface area (Å²) < 4.78 is 5.04. The Bertz CT molecular complexity index is 1070. The van der Waals surface area contributed by atoms with Crippen molar-refractivity contribution in [3.8, 4) is 17.1 Å². The number of rotatable bonds is 8. The number of nitrogens with zero attached hydrogens (tertiary/aromatic N) is 3. The predicted molar refractivity (Wildman–Crippen MR) is 122 cm³/mol. The number of benzene rings is 1. The number of hydrogen-bond acceptors (Lipinski definition) is 5. The summed E-state index contributed by atoms with van der Waals surface area (Å²) in [7, 11) is 3.27. The molecule has 0 spiro atoms. The molecular formula is C24H24ClN3O3. The van der Waals surface area contributed by atoms with E-state index in [0.29, 0.717) is 47.1 Å². The van der Waals surface area contributed by atoms with Crippen LogP contribution in [0, 0.1) is 0 Å². The Morgan fingerprint density at radius 1 is 1.06 bits per heavy atom. The van der Waals surface area contributed by atoms with Gasteiger partial charge in [0.25, 0.3) is 0 Å². The molecule has 0 aliphatic carbocycles. The minimum absolute atomic E-state index is 0.0129. The smallest absolute Gasteiger partial charge is 0.226 e. The van der Waals surface area contributed by atoms with Crippen LogP contribution in [-0.4, -0.2) is 35.8 Å². The van der Waals surface area contributed by atoms with Crippen LogP contribution < -0.4 is 9.64 Å². The largest absolute Gasteiger partial charge is 0.481 e. The molecule has 0 saturated carbocycles. The van der Waals surface area contributed by atoms with Crippen molar-refractivity contribution in [2.24, 2.45) is 0 Å². The van der Waals surface area contributed by atoms with Crippen molar-refractivity contribution in [2.45, 2.75) is 26.2 Å². The number of anilines is 1. The number of hydrogen-bond donors (Lipinski definition) is 0. The lowest BCUT2D eigenvalue weighted by Crippen LogP contribution is -2.25. The van der Waals surface area contributed by atoms with E-state index < -0.39 is 0 Å². The maximum Gasteiger partial charge on any atom is 0.226 e. The van der Waals surface area contributed by atoms with E-state index in [-0.39, 0.29) is 11.7 Å². The van der Waals surface area contributed by atoms with Crippen LogP contribution in [0.1, 0.15) is 35.7 Å². The molecule has 3 rings (SSSR count). The lowest BCUT2D eigenvalue weighted by atomic mass is 10.0. The molecule has 0 unspecified atom stereocenters. The fourth-order valence-corrected chi connectivity index (χ4v) is 3.43. The molecule has 0 saturated heterocycles. The summed E-state index contributed by atoms with van der Waals surface area (Å²) >= 11 is 6.39. The number of methoxy groups -OCH3 is 1. The second-order valence-electron chi connectivity index (χ2n) is 7.04. The van der Waals surface area contributed by atoms with E-state index in [4.69, 9.17) is 16.3 Å². The zero-order valence-electron chi connectivity index (χ0n) is 17.8. The highest BCUT2D eigenvalue weighted by atomic mass is 35.5. The minimum Gasteiger partial charge on any atom is -0.481 e. The number of ether oxygens (including phenoxy) is 1. The Morgan fingerprint density at radius 3 is 2.45 bits per heavy atom. The monoisotopic (exact) mass is 437 g/mol. The standard InChI is InChI=1S/C24H24ClN3O3/c1-4-24(30)28(2)21-10-8-17(13-19(21)25)20-9-7-18(15-26-20)22(29)11-5-16-6-12-23(31-3)27-14-16/h6-10,12-15H,4-5,11H2,1-3H3. The third kappa shape index (κ3) is 5.47. The summed E-state index contributed by atoms with van der Waals surface area (Å²) in [4.78, 5) is 34.5. The average molecular weight is 438 g/mol. The maximum atomic E-state index is 12.5. The first-order chi connectivity index (χ1) is 14.9. The number of ketones is 1. The summed E-state index contributed by atoms with van der Waals surface area (Å²) in [6.07, 6.45) is 4.66. The Balaban J connectivity index is 1.67. The fourth-order valence-electron chi connectivity index (χ4n) is 3.12. The van der Waals surface area contributed by atoms with E-state index in [9.17, 15) is 9.59 Å². The lowest BCUT2D eigenvalue weighted by molar-refractivity contribution is -0.118. The number of carbonyl (C=O) groups is 2.